The second kappa shape index (κ2) is 11.0. The third kappa shape index (κ3) is 10.1. The Kier molecular flexibility index (Phi) is 9.53. The maximum atomic E-state index is 10.8. The van der Waals surface area contributed by atoms with Crippen LogP contribution in [0.2, 0.25) is 0 Å². The zero-order chi connectivity index (χ0) is 13.6. The molecule has 0 atom stereocenters. The van der Waals surface area contributed by atoms with Crippen molar-refractivity contribution in [1.29, 1.82) is 0 Å². The summed E-state index contributed by atoms with van der Waals surface area (Å²) in [7, 11) is 0. The van der Waals surface area contributed by atoms with Gasteiger partial charge in [0, 0.05) is 12.2 Å². The van der Waals surface area contributed by atoms with Crippen molar-refractivity contribution >= 4 is 11.9 Å². The average Bonchev–Trinajstić information content (AvgIpc) is 2.33. The molecule has 0 N–H and O–H groups in total. The molecular formula is C14H14O4. The van der Waals surface area contributed by atoms with Crippen LogP contribution in [0.25, 0.3) is 0 Å². The summed E-state index contributed by atoms with van der Waals surface area (Å²) >= 11 is 0. The van der Waals surface area contributed by atoms with Gasteiger partial charge in [0.05, 0.1) is 13.2 Å². The van der Waals surface area contributed by atoms with E-state index in [0.29, 0.717) is 13.2 Å². The SMILES string of the molecule is CCOC(=O)C=CC#CC#CC=CC(=O)OCC. The second-order valence-corrected chi connectivity index (χ2v) is 2.71. The predicted molar refractivity (Wildman–Crippen MR) is 67.1 cm³/mol. The van der Waals surface area contributed by atoms with Gasteiger partial charge in [-0.3, -0.25) is 0 Å². The summed E-state index contributed by atoms with van der Waals surface area (Å²) in [5.74, 6) is 9.14. The van der Waals surface area contributed by atoms with E-state index in [0.717, 1.165) is 0 Å². The number of carbonyl (C=O) groups excluding carboxylic acids is 2. The lowest BCUT2D eigenvalue weighted by molar-refractivity contribution is -0.138. The summed E-state index contributed by atoms with van der Waals surface area (Å²) in [6.45, 7) is 4.10. The number of carbonyl (C=O) groups is 2. The lowest BCUT2D eigenvalue weighted by Gasteiger charge is -1.91. The van der Waals surface area contributed by atoms with Crippen molar-refractivity contribution in [2.45, 2.75) is 13.8 Å². The van der Waals surface area contributed by atoms with Gasteiger partial charge < -0.3 is 9.47 Å². The van der Waals surface area contributed by atoms with Gasteiger partial charge in [0.15, 0.2) is 0 Å². The zero-order valence-electron chi connectivity index (χ0n) is 10.4. The van der Waals surface area contributed by atoms with E-state index in [1.807, 2.05) is 0 Å². The molecule has 0 unspecified atom stereocenters. The molecule has 0 aromatic carbocycles. The van der Waals surface area contributed by atoms with Crippen LogP contribution in [0, 0.1) is 23.7 Å². The fourth-order valence-corrected chi connectivity index (χ4v) is 0.756. The van der Waals surface area contributed by atoms with Gasteiger partial charge in [0.2, 0.25) is 0 Å². The normalized spacial score (nSPS) is 9.22. The Hall–Kier alpha value is -2.46. The summed E-state index contributed by atoms with van der Waals surface area (Å²) in [6, 6.07) is 0. The number of hydrogen-bond donors (Lipinski definition) is 0. The number of esters is 2. The minimum atomic E-state index is -0.443. The molecule has 0 saturated carbocycles. The second-order valence-electron chi connectivity index (χ2n) is 2.71. The van der Waals surface area contributed by atoms with E-state index in [1.165, 1.54) is 24.3 Å². The van der Waals surface area contributed by atoms with Crippen LogP contribution in [0.15, 0.2) is 24.3 Å². The van der Waals surface area contributed by atoms with Gasteiger partial charge in [-0.05, 0) is 37.8 Å². The molecule has 0 fully saturated rings. The van der Waals surface area contributed by atoms with Crippen LogP contribution in [0.4, 0.5) is 0 Å². The molecule has 0 heterocycles. The highest BCUT2D eigenvalue weighted by atomic mass is 16.5. The summed E-state index contributed by atoms with van der Waals surface area (Å²) in [4.78, 5) is 21.7. The van der Waals surface area contributed by atoms with Gasteiger partial charge in [-0.1, -0.05) is 11.8 Å². The molecule has 0 rings (SSSR count). The standard InChI is InChI=1S/C14H14O4/c1-3-17-13(15)11-9-7-5-6-8-10-12-14(16)18-4-2/h9-12H,3-4H2,1-2H3. The summed E-state index contributed by atoms with van der Waals surface area (Å²) in [5.41, 5.74) is 0. The predicted octanol–water partition coefficient (Wildman–Crippen LogP) is 1.23. The molecule has 0 aliphatic carbocycles. The van der Waals surface area contributed by atoms with Crippen molar-refractivity contribution < 1.29 is 19.1 Å². The van der Waals surface area contributed by atoms with Crippen molar-refractivity contribution in [3.05, 3.63) is 24.3 Å². The Morgan fingerprint density at radius 2 is 1.28 bits per heavy atom. The van der Waals surface area contributed by atoms with Crippen LogP contribution in [0.1, 0.15) is 13.8 Å². The Morgan fingerprint density at radius 3 is 1.61 bits per heavy atom. The third-order valence-electron chi connectivity index (χ3n) is 1.39. The number of rotatable bonds is 4. The highest BCUT2D eigenvalue weighted by molar-refractivity contribution is 5.83. The lowest BCUT2D eigenvalue weighted by Crippen LogP contribution is -1.98. The van der Waals surface area contributed by atoms with E-state index in [9.17, 15) is 9.59 Å². The zero-order valence-corrected chi connectivity index (χ0v) is 10.4. The van der Waals surface area contributed by atoms with E-state index in [1.54, 1.807) is 13.8 Å². The van der Waals surface area contributed by atoms with Crippen molar-refractivity contribution in [1.82, 2.24) is 0 Å². The topological polar surface area (TPSA) is 52.6 Å². The first-order valence-corrected chi connectivity index (χ1v) is 5.38. The van der Waals surface area contributed by atoms with E-state index in [-0.39, 0.29) is 0 Å². The fourth-order valence-electron chi connectivity index (χ4n) is 0.756. The first kappa shape index (κ1) is 15.5. The van der Waals surface area contributed by atoms with E-state index in [2.05, 4.69) is 33.2 Å². The molecular weight excluding hydrogens is 232 g/mol. The highest BCUT2D eigenvalue weighted by Crippen LogP contribution is 1.80. The van der Waals surface area contributed by atoms with Crippen LogP contribution < -0.4 is 0 Å². The molecule has 0 aromatic heterocycles. The largest absolute Gasteiger partial charge is 0.463 e. The molecule has 0 saturated heterocycles. The lowest BCUT2D eigenvalue weighted by atomic mass is 10.4. The first-order valence-electron chi connectivity index (χ1n) is 5.38. The van der Waals surface area contributed by atoms with Crippen LogP contribution in [0.3, 0.4) is 0 Å². The molecule has 4 heteroatoms. The van der Waals surface area contributed by atoms with E-state index >= 15 is 0 Å². The van der Waals surface area contributed by atoms with E-state index < -0.39 is 11.9 Å². The molecule has 0 bridgehead atoms. The molecule has 4 nitrogen and oxygen atoms in total. The van der Waals surface area contributed by atoms with Gasteiger partial charge in [0.25, 0.3) is 0 Å². The molecule has 18 heavy (non-hydrogen) atoms. The Balaban J connectivity index is 4.05. The van der Waals surface area contributed by atoms with Gasteiger partial charge >= 0.3 is 11.9 Å². The molecule has 0 radical (unpaired) electrons. The van der Waals surface area contributed by atoms with Crippen molar-refractivity contribution in [2.75, 3.05) is 13.2 Å². The summed E-state index contributed by atoms with van der Waals surface area (Å²) in [5, 5.41) is 0. The smallest absolute Gasteiger partial charge is 0.331 e. The van der Waals surface area contributed by atoms with Gasteiger partial charge in [-0.2, -0.15) is 0 Å². The van der Waals surface area contributed by atoms with Gasteiger partial charge in [0.1, 0.15) is 0 Å². The summed E-state index contributed by atoms with van der Waals surface area (Å²) < 4.78 is 9.29. The molecule has 0 aliphatic rings. The molecule has 0 aromatic rings. The maximum absolute atomic E-state index is 10.8. The van der Waals surface area contributed by atoms with Crippen molar-refractivity contribution in [2.24, 2.45) is 0 Å². The van der Waals surface area contributed by atoms with Crippen molar-refractivity contribution in [3.8, 4) is 23.7 Å². The third-order valence-corrected chi connectivity index (χ3v) is 1.39. The molecule has 94 valence electrons. The number of hydrogen-bond acceptors (Lipinski definition) is 4. The summed E-state index contributed by atoms with van der Waals surface area (Å²) in [6.07, 6.45) is 5.13. The highest BCUT2D eigenvalue weighted by Gasteiger charge is 1.90. The van der Waals surface area contributed by atoms with Crippen LogP contribution in [-0.2, 0) is 19.1 Å². The Morgan fingerprint density at radius 1 is 0.889 bits per heavy atom. The van der Waals surface area contributed by atoms with E-state index in [4.69, 9.17) is 0 Å². The minimum Gasteiger partial charge on any atom is -0.463 e. The van der Waals surface area contributed by atoms with Gasteiger partial charge in [-0.15, -0.1) is 0 Å². The number of ether oxygens (including phenoxy) is 2. The molecule has 0 aliphatic heterocycles. The van der Waals surface area contributed by atoms with Gasteiger partial charge in [-0.25, -0.2) is 9.59 Å². The monoisotopic (exact) mass is 246 g/mol. The minimum absolute atomic E-state index is 0.328. The average molecular weight is 246 g/mol. The van der Waals surface area contributed by atoms with Crippen LogP contribution in [-0.4, -0.2) is 25.2 Å². The fraction of sp³-hybridized carbons (Fsp3) is 0.286. The first-order chi connectivity index (χ1) is 8.70. The van der Waals surface area contributed by atoms with Crippen molar-refractivity contribution in [3.63, 3.8) is 0 Å². The van der Waals surface area contributed by atoms with Crippen LogP contribution >= 0.6 is 0 Å². The molecule has 0 spiro atoms. The van der Waals surface area contributed by atoms with Crippen LogP contribution in [0.5, 0.6) is 0 Å². The quantitative estimate of drug-likeness (QED) is 0.425. The molecule has 0 amide bonds. The Labute approximate surface area is 107 Å². The Bertz CT molecular complexity index is 406. The number of allylic oxidation sites excluding steroid dienone is 2. The maximum Gasteiger partial charge on any atom is 0.331 e.